The van der Waals surface area contributed by atoms with Crippen molar-refractivity contribution in [2.24, 2.45) is 0 Å². The molecule has 0 fully saturated rings. The van der Waals surface area contributed by atoms with Gasteiger partial charge in [-0.1, -0.05) is 60.5 Å². The lowest BCUT2D eigenvalue weighted by Gasteiger charge is -2.24. The molecule has 0 spiro atoms. The molecule has 0 atom stereocenters. The van der Waals surface area contributed by atoms with Gasteiger partial charge in [0.15, 0.2) is 5.13 Å². The summed E-state index contributed by atoms with van der Waals surface area (Å²) in [6.45, 7) is 9.44. The molecule has 28 heavy (non-hydrogen) atoms. The fourth-order valence-corrected chi connectivity index (χ4v) is 5.40. The Hall–Kier alpha value is -0.890. The van der Waals surface area contributed by atoms with Gasteiger partial charge in [-0.05, 0) is 37.7 Å². The number of aromatic nitrogens is 1. The predicted octanol–water partition coefficient (Wildman–Crippen LogP) is 6.38. The van der Waals surface area contributed by atoms with E-state index in [1.165, 1.54) is 22.7 Å². The lowest BCUT2D eigenvalue weighted by atomic mass is 10.2. The lowest BCUT2D eigenvalue weighted by Crippen LogP contribution is -2.38. The third-order valence-corrected chi connectivity index (χ3v) is 7.04. The summed E-state index contributed by atoms with van der Waals surface area (Å²) < 4.78 is 1.99. The number of hydrogen-bond acceptors (Lipinski definition) is 5. The Kier molecular flexibility index (Phi) is 8.55. The molecule has 9 heteroatoms. The molecular weight excluding hydrogens is 457 g/mol. The van der Waals surface area contributed by atoms with Crippen LogP contribution < -0.4 is 4.90 Å². The Bertz CT molecular complexity index is 953. The molecule has 0 aliphatic heterocycles. The van der Waals surface area contributed by atoms with Gasteiger partial charge in [-0.3, -0.25) is 9.69 Å². The summed E-state index contributed by atoms with van der Waals surface area (Å²) in [5.74, 6) is -0.160. The number of carbonyl (C=O) groups is 1. The highest BCUT2D eigenvalue weighted by Gasteiger charge is 2.25. The van der Waals surface area contributed by atoms with Crippen LogP contribution in [0.1, 0.15) is 29.8 Å². The Morgan fingerprint density at radius 2 is 1.86 bits per heavy atom. The zero-order valence-corrected chi connectivity index (χ0v) is 19.8. The number of halogens is 3. The number of aryl methyl sites for hydroxylation is 1. The standard InChI is InChI=1S/C19H21Cl2N3OS2.ClH/c1-4-23(5-2)9-10-24(18(25)13-11-15(20)27-17(13)21)19-22-16-12(3)7-6-8-14(16)26-19;/h6-8,11H,4-5,9-10H2,1-3H3;1H. The second-order valence-corrected chi connectivity index (χ2v) is 9.43. The molecule has 4 nitrogen and oxygen atoms in total. The van der Waals surface area contributed by atoms with Crippen LogP contribution in [0.3, 0.4) is 0 Å². The first-order valence-corrected chi connectivity index (χ1v) is 11.2. The second kappa shape index (κ2) is 10.2. The maximum atomic E-state index is 13.3. The fraction of sp³-hybridized carbons (Fsp3) is 0.368. The highest BCUT2D eigenvalue weighted by Crippen LogP contribution is 2.35. The third-order valence-electron chi connectivity index (χ3n) is 4.51. The van der Waals surface area contributed by atoms with Crippen LogP contribution >= 0.6 is 58.3 Å². The van der Waals surface area contributed by atoms with E-state index in [0.29, 0.717) is 25.9 Å². The minimum atomic E-state index is -0.160. The predicted molar refractivity (Wildman–Crippen MR) is 125 cm³/mol. The molecule has 0 N–H and O–H groups in total. The van der Waals surface area contributed by atoms with E-state index in [1.807, 2.05) is 25.1 Å². The normalized spacial score (nSPS) is 11.1. The third kappa shape index (κ3) is 4.99. The SMILES string of the molecule is CCN(CC)CCN(C(=O)c1cc(Cl)sc1Cl)c1nc2c(C)cccc2s1.Cl. The van der Waals surface area contributed by atoms with Gasteiger partial charge in [-0.25, -0.2) is 4.98 Å². The van der Waals surface area contributed by atoms with E-state index in [9.17, 15) is 4.79 Å². The number of fused-ring (bicyclic) bond motifs is 1. The van der Waals surface area contributed by atoms with Gasteiger partial charge in [0.05, 0.1) is 20.1 Å². The molecule has 0 aliphatic carbocycles. The van der Waals surface area contributed by atoms with Gasteiger partial charge in [0.1, 0.15) is 4.34 Å². The number of benzene rings is 1. The van der Waals surface area contributed by atoms with Crippen molar-refractivity contribution < 1.29 is 4.79 Å². The fourth-order valence-electron chi connectivity index (χ4n) is 2.89. The van der Waals surface area contributed by atoms with Crippen molar-refractivity contribution in [1.82, 2.24) is 9.88 Å². The van der Waals surface area contributed by atoms with Crippen molar-refractivity contribution in [2.75, 3.05) is 31.1 Å². The van der Waals surface area contributed by atoms with Gasteiger partial charge in [0, 0.05) is 13.1 Å². The molecule has 0 saturated heterocycles. The van der Waals surface area contributed by atoms with Gasteiger partial charge in [0.25, 0.3) is 5.91 Å². The molecule has 1 aromatic carbocycles. The van der Waals surface area contributed by atoms with Crippen LogP contribution in [0.15, 0.2) is 24.3 Å². The Morgan fingerprint density at radius 3 is 2.43 bits per heavy atom. The molecule has 0 aliphatic rings. The molecule has 2 heterocycles. The van der Waals surface area contributed by atoms with Crippen LogP contribution in [-0.4, -0.2) is 42.0 Å². The monoisotopic (exact) mass is 477 g/mol. The minimum absolute atomic E-state index is 0. The molecule has 0 bridgehead atoms. The maximum absolute atomic E-state index is 13.3. The first-order valence-electron chi connectivity index (χ1n) is 8.79. The number of para-hydroxylation sites is 1. The summed E-state index contributed by atoms with van der Waals surface area (Å²) in [4.78, 5) is 22.0. The molecule has 0 saturated carbocycles. The number of thiazole rings is 1. The molecule has 3 rings (SSSR count). The summed E-state index contributed by atoms with van der Waals surface area (Å²) in [5, 5.41) is 0.690. The van der Waals surface area contributed by atoms with E-state index >= 15 is 0 Å². The number of anilines is 1. The number of likely N-dealkylation sites (N-methyl/N-ethyl adjacent to an activating group) is 1. The van der Waals surface area contributed by atoms with Crippen LogP contribution in [0.2, 0.25) is 8.67 Å². The molecule has 2 aromatic heterocycles. The van der Waals surface area contributed by atoms with E-state index in [1.54, 1.807) is 11.0 Å². The van der Waals surface area contributed by atoms with Crippen LogP contribution in [-0.2, 0) is 0 Å². The smallest absolute Gasteiger partial charge is 0.262 e. The van der Waals surface area contributed by atoms with E-state index in [4.69, 9.17) is 28.2 Å². The van der Waals surface area contributed by atoms with Crippen molar-refractivity contribution in [1.29, 1.82) is 0 Å². The van der Waals surface area contributed by atoms with Crippen molar-refractivity contribution in [2.45, 2.75) is 20.8 Å². The maximum Gasteiger partial charge on any atom is 0.262 e. The average molecular weight is 479 g/mol. The highest BCUT2D eigenvalue weighted by atomic mass is 35.5. The van der Waals surface area contributed by atoms with Crippen LogP contribution in [0, 0.1) is 6.92 Å². The van der Waals surface area contributed by atoms with Crippen LogP contribution in [0.25, 0.3) is 10.2 Å². The molecule has 0 radical (unpaired) electrons. The summed E-state index contributed by atoms with van der Waals surface area (Å²) in [6, 6.07) is 7.71. The number of rotatable bonds is 7. The van der Waals surface area contributed by atoms with Crippen molar-refractivity contribution in [3.05, 3.63) is 44.1 Å². The Labute approximate surface area is 189 Å². The molecule has 152 valence electrons. The highest BCUT2D eigenvalue weighted by molar-refractivity contribution is 7.22. The van der Waals surface area contributed by atoms with Crippen LogP contribution in [0.4, 0.5) is 5.13 Å². The minimum Gasteiger partial charge on any atom is -0.302 e. The van der Waals surface area contributed by atoms with Gasteiger partial charge in [-0.15, -0.1) is 23.7 Å². The second-order valence-electron chi connectivity index (χ2n) is 6.14. The zero-order chi connectivity index (χ0) is 19.6. The molecule has 3 aromatic rings. The van der Waals surface area contributed by atoms with Gasteiger partial charge in [0.2, 0.25) is 0 Å². The topological polar surface area (TPSA) is 36.4 Å². The summed E-state index contributed by atoms with van der Waals surface area (Å²) in [6.07, 6.45) is 0. The van der Waals surface area contributed by atoms with E-state index in [2.05, 4.69) is 18.7 Å². The summed E-state index contributed by atoms with van der Waals surface area (Å²) >= 11 is 15.0. The number of nitrogens with zero attached hydrogens (tertiary/aromatic N) is 3. The first kappa shape index (κ1) is 23.4. The number of thiophene rings is 1. The van der Waals surface area contributed by atoms with Gasteiger partial charge >= 0.3 is 0 Å². The van der Waals surface area contributed by atoms with E-state index < -0.39 is 0 Å². The van der Waals surface area contributed by atoms with Gasteiger partial charge < -0.3 is 4.90 Å². The molecule has 0 unspecified atom stereocenters. The average Bonchev–Trinajstić information content (AvgIpc) is 3.22. The van der Waals surface area contributed by atoms with Crippen LogP contribution in [0.5, 0.6) is 0 Å². The molecular formula is C19H22Cl3N3OS2. The van der Waals surface area contributed by atoms with Crippen molar-refractivity contribution in [3.8, 4) is 0 Å². The largest absolute Gasteiger partial charge is 0.302 e. The summed E-state index contributed by atoms with van der Waals surface area (Å²) in [7, 11) is 0. The number of amides is 1. The van der Waals surface area contributed by atoms with E-state index in [0.717, 1.165) is 35.4 Å². The van der Waals surface area contributed by atoms with Gasteiger partial charge in [-0.2, -0.15) is 0 Å². The Morgan fingerprint density at radius 1 is 1.14 bits per heavy atom. The van der Waals surface area contributed by atoms with Crippen molar-refractivity contribution >= 4 is 79.5 Å². The first-order chi connectivity index (χ1) is 12.9. The lowest BCUT2D eigenvalue weighted by molar-refractivity contribution is 0.0984. The Balaban J connectivity index is 0.00000280. The number of hydrogen-bond donors (Lipinski definition) is 0. The van der Waals surface area contributed by atoms with Crippen molar-refractivity contribution in [3.63, 3.8) is 0 Å². The van der Waals surface area contributed by atoms with E-state index in [-0.39, 0.29) is 18.3 Å². The molecule has 1 amide bonds. The quantitative estimate of drug-likeness (QED) is 0.395. The number of carbonyl (C=O) groups excluding carboxylic acids is 1. The zero-order valence-electron chi connectivity index (χ0n) is 15.9. The summed E-state index contributed by atoms with van der Waals surface area (Å²) in [5.41, 5.74) is 2.47.